The van der Waals surface area contributed by atoms with Crippen LogP contribution in [-0.4, -0.2) is 24.8 Å². The van der Waals surface area contributed by atoms with E-state index >= 15 is 0 Å². The smallest absolute Gasteiger partial charge is 0.126 e. The van der Waals surface area contributed by atoms with E-state index in [2.05, 4.69) is 5.32 Å². The van der Waals surface area contributed by atoms with Gasteiger partial charge in [-0.2, -0.15) is 0 Å². The highest BCUT2D eigenvalue weighted by atomic mass is 16.5. The van der Waals surface area contributed by atoms with Crippen molar-refractivity contribution >= 4 is 6.08 Å². The van der Waals surface area contributed by atoms with E-state index in [1.165, 1.54) is 0 Å². The molecule has 2 atom stereocenters. The lowest BCUT2D eigenvalue weighted by molar-refractivity contribution is 0.138. The largest absolute Gasteiger partial charge is 0.496 e. The summed E-state index contributed by atoms with van der Waals surface area (Å²) in [6.45, 7) is 2.66. The van der Waals surface area contributed by atoms with Crippen molar-refractivity contribution in [3.63, 3.8) is 0 Å². The second kappa shape index (κ2) is 8.37. The molecule has 2 aromatic rings. The number of hydrogen-bond acceptors (Lipinski definition) is 3. The lowest BCUT2D eigenvalue weighted by atomic mass is 10.0. The summed E-state index contributed by atoms with van der Waals surface area (Å²) in [5.74, 6) is 0.858. The summed E-state index contributed by atoms with van der Waals surface area (Å²) < 4.78 is 5.31. The van der Waals surface area contributed by atoms with Gasteiger partial charge in [0, 0.05) is 18.2 Å². The summed E-state index contributed by atoms with van der Waals surface area (Å²) in [7, 11) is 1.67. The molecule has 0 aliphatic rings. The van der Waals surface area contributed by atoms with E-state index in [4.69, 9.17) is 4.74 Å². The van der Waals surface area contributed by atoms with Crippen molar-refractivity contribution < 1.29 is 9.84 Å². The minimum absolute atomic E-state index is 0.0234. The van der Waals surface area contributed by atoms with Crippen molar-refractivity contribution in [3.05, 3.63) is 71.8 Å². The Balaban J connectivity index is 1.86. The van der Waals surface area contributed by atoms with Crippen molar-refractivity contribution in [1.29, 1.82) is 0 Å². The Hall–Kier alpha value is -2.10. The van der Waals surface area contributed by atoms with E-state index in [0.29, 0.717) is 6.54 Å². The van der Waals surface area contributed by atoms with Crippen molar-refractivity contribution in [2.75, 3.05) is 13.7 Å². The number of para-hydroxylation sites is 1. The number of methoxy groups -OCH3 is 1. The maximum absolute atomic E-state index is 10.3. The van der Waals surface area contributed by atoms with Crippen LogP contribution in [-0.2, 0) is 0 Å². The SMILES string of the molecule is COc1ccccc1/C=C/CNC(C)C(O)c1ccccc1. The highest BCUT2D eigenvalue weighted by molar-refractivity contribution is 5.57. The van der Waals surface area contributed by atoms with Gasteiger partial charge < -0.3 is 15.2 Å². The van der Waals surface area contributed by atoms with Crippen molar-refractivity contribution in [2.24, 2.45) is 0 Å². The molecule has 0 aromatic heterocycles. The van der Waals surface area contributed by atoms with Gasteiger partial charge in [-0.15, -0.1) is 0 Å². The summed E-state index contributed by atoms with van der Waals surface area (Å²) in [5, 5.41) is 13.6. The summed E-state index contributed by atoms with van der Waals surface area (Å²) in [4.78, 5) is 0. The molecule has 0 radical (unpaired) electrons. The van der Waals surface area contributed by atoms with E-state index in [0.717, 1.165) is 16.9 Å². The molecular formula is C19H23NO2. The number of aliphatic hydroxyl groups excluding tert-OH is 1. The molecule has 0 amide bonds. The van der Waals surface area contributed by atoms with Gasteiger partial charge in [0.2, 0.25) is 0 Å². The van der Waals surface area contributed by atoms with Gasteiger partial charge in [0.15, 0.2) is 0 Å². The molecule has 2 aromatic carbocycles. The topological polar surface area (TPSA) is 41.5 Å². The molecule has 3 nitrogen and oxygen atoms in total. The van der Waals surface area contributed by atoms with Crippen LogP contribution in [0, 0.1) is 0 Å². The minimum atomic E-state index is -0.513. The Kier molecular flexibility index (Phi) is 6.19. The Morgan fingerprint density at radius 2 is 1.77 bits per heavy atom. The fraction of sp³-hybridized carbons (Fsp3) is 0.263. The van der Waals surface area contributed by atoms with E-state index in [1.807, 2.05) is 73.7 Å². The Morgan fingerprint density at radius 1 is 1.09 bits per heavy atom. The third kappa shape index (κ3) is 4.45. The first-order valence-electron chi connectivity index (χ1n) is 7.48. The molecule has 0 heterocycles. The predicted molar refractivity (Wildman–Crippen MR) is 90.9 cm³/mol. The first-order valence-corrected chi connectivity index (χ1v) is 7.48. The van der Waals surface area contributed by atoms with Gasteiger partial charge in [0.05, 0.1) is 13.2 Å². The van der Waals surface area contributed by atoms with Crippen LogP contribution in [0.4, 0.5) is 0 Å². The molecule has 116 valence electrons. The first kappa shape index (κ1) is 16.3. The summed E-state index contributed by atoms with van der Waals surface area (Å²) in [6, 6.07) is 17.6. The van der Waals surface area contributed by atoms with Gasteiger partial charge in [-0.1, -0.05) is 60.7 Å². The molecule has 3 heteroatoms. The van der Waals surface area contributed by atoms with Gasteiger partial charge in [0.1, 0.15) is 5.75 Å². The molecule has 2 N–H and O–H groups in total. The Bertz CT molecular complexity index is 595. The maximum Gasteiger partial charge on any atom is 0.126 e. The minimum Gasteiger partial charge on any atom is -0.496 e. The standard InChI is InChI=1S/C19H23NO2/c1-15(19(21)17-10-4-3-5-11-17)20-14-8-12-16-9-6-7-13-18(16)22-2/h3-13,15,19-21H,14H2,1-2H3/b12-8+. The molecule has 0 fully saturated rings. The molecule has 2 unspecified atom stereocenters. The predicted octanol–water partition coefficient (Wildman–Crippen LogP) is 3.42. The number of hydrogen-bond donors (Lipinski definition) is 2. The molecule has 0 aliphatic heterocycles. The third-order valence-corrected chi connectivity index (χ3v) is 3.61. The van der Waals surface area contributed by atoms with Gasteiger partial charge in [0.25, 0.3) is 0 Å². The second-order valence-corrected chi connectivity index (χ2v) is 5.20. The monoisotopic (exact) mass is 297 g/mol. The molecule has 22 heavy (non-hydrogen) atoms. The van der Waals surface area contributed by atoms with Crippen LogP contribution in [0.15, 0.2) is 60.7 Å². The van der Waals surface area contributed by atoms with Crippen molar-refractivity contribution in [2.45, 2.75) is 19.1 Å². The van der Waals surface area contributed by atoms with Crippen LogP contribution < -0.4 is 10.1 Å². The van der Waals surface area contributed by atoms with Crippen molar-refractivity contribution in [1.82, 2.24) is 5.32 Å². The average molecular weight is 297 g/mol. The van der Waals surface area contributed by atoms with Crippen LogP contribution in [0.25, 0.3) is 6.08 Å². The summed E-state index contributed by atoms with van der Waals surface area (Å²) in [6.07, 6.45) is 3.54. The highest BCUT2D eigenvalue weighted by Gasteiger charge is 2.14. The second-order valence-electron chi connectivity index (χ2n) is 5.20. The van der Waals surface area contributed by atoms with Crippen molar-refractivity contribution in [3.8, 4) is 5.75 Å². The van der Waals surface area contributed by atoms with E-state index in [9.17, 15) is 5.11 Å². The number of nitrogens with one attached hydrogen (secondary N) is 1. The average Bonchev–Trinajstić information content (AvgIpc) is 2.59. The molecule has 2 rings (SSSR count). The van der Waals surface area contributed by atoms with E-state index in [1.54, 1.807) is 7.11 Å². The molecule has 0 saturated heterocycles. The molecule has 0 saturated carbocycles. The Labute approximate surface area is 132 Å². The van der Waals surface area contributed by atoms with Crippen LogP contribution in [0.3, 0.4) is 0 Å². The van der Waals surface area contributed by atoms with Gasteiger partial charge in [-0.05, 0) is 18.6 Å². The fourth-order valence-corrected chi connectivity index (χ4v) is 2.29. The number of rotatable bonds is 7. The quantitative estimate of drug-likeness (QED) is 0.823. The summed E-state index contributed by atoms with van der Waals surface area (Å²) in [5.41, 5.74) is 1.97. The third-order valence-electron chi connectivity index (χ3n) is 3.61. The zero-order valence-electron chi connectivity index (χ0n) is 13.1. The maximum atomic E-state index is 10.3. The van der Waals surface area contributed by atoms with Gasteiger partial charge in [-0.25, -0.2) is 0 Å². The number of ether oxygens (including phenoxy) is 1. The van der Waals surface area contributed by atoms with E-state index < -0.39 is 6.10 Å². The Morgan fingerprint density at radius 3 is 2.50 bits per heavy atom. The first-order chi connectivity index (χ1) is 10.7. The van der Waals surface area contributed by atoms with Crippen LogP contribution in [0.1, 0.15) is 24.2 Å². The molecule has 0 bridgehead atoms. The van der Waals surface area contributed by atoms with Crippen LogP contribution in [0.5, 0.6) is 5.75 Å². The lowest BCUT2D eigenvalue weighted by Crippen LogP contribution is -2.32. The number of aliphatic hydroxyl groups is 1. The van der Waals surface area contributed by atoms with E-state index in [-0.39, 0.29) is 6.04 Å². The van der Waals surface area contributed by atoms with Gasteiger partial charge >= 0.3 is 0 Å². The molecule has 0 spiro atoms. The summed E-state index contributed by atoms with van der Waals surface area (Å²) >= 11 is 0. The zero-order chi connectivity index (χ0) is 15.8. The highest BCUT2D eigenvalue weighted by Crippen LogP contribution is 2.19. The molecule has 0 aliphatic carbocycles. The van der Waals surface area contributed by atoms with Crippen LogP contribution >= 0.6 is 0 Å². The van der Waals surface area contributed by atoms with Gasteiger partial charge in [-0.3, -0.25) is 0 Å². The zero-order valence-corrected chi connectivity index (χ0v) is 13.1. The molecular weight excluding hydrogens is 274 g/mol. The van der Waals surface area contributed by atoms with Crippen LogP contribution in [0.2, 0.25) is 0 Å². The fourth-order valence-electron chi connectivity index (χ4n) is 2.29. The normalized spacial score (nSPS) is 14.0. The lowest BCUT2D eigenvalue weighted by Gasteiger charge is -2.19. The number of benzene rings is 2.